The summed E-state index contributed by atoms with van der Waals surface area (Å²) in [5.74, 6) is 1.89. The minimum Gasteiger partial charge on any atom is -0.456 e. The Kier molecular flexibility index (Phi) is 6.83. The van der Waals surface area contributed by atoms with Gasteiger partial charge in [-0.2, -0.15) is 0 Å². The molecule has 12 rings (SSSR count). The minimum atomic E-state index is 0.619. The van der Waals surface area contributed by atoms with E-state index in [4.69, 9.17) is 19.4 Å². The van der Waals surface area contributed by atoms with Crippen molar-refractivity contribution in [3.63, 3.8) is 0 Å². The van der Waals surface area contributed by atoms with Gasteiger partial charge in [0.25, 0.3) is 0 Å². The average molecular weight is 730 g/mol. The van der Waals surface area contributed by atoms with Gasteiger partial charge in [0.1, 0.15) is 11.2 Å². The average Bonchev–Trinajstić information content (AvgIpc) is 3.93. The van der Waals surface area contributed by atoms with Crippen LogP contribution in [0.4, 0.5) is 0 Å². The Bertz CT molecular complexity index is 3430. The van der Waals surface area contributed by atoms with Crippen molar-refractivity contribution in [1.82, 2.24) is 24.1 Å². The highest BCUT2D eigenvalue weighted by molar-refractivity contribution is 6.27. The van der Waals surface area contributed by atoms with Crippen LogP contribution in [0.3, 0.4) is 0 Å². The number of para-hydroxylation sites is 3. The molecule has 6 nitrogen and oxygen atoms in total. The first-order valence-corrected chi connectivity index (χ1v) is 19.1. The Labute approximate surface area is 326 Å². The van der Waals surface area contributed by atoms with Crippen LogP contribution >= 0.6 is 0 Å². The van der Waals surface area contributed by atoms with E-state index in [1.807, 2.05) is 72.8 Å². The van der Waals surface area contributed by atoms with Crippen LogP contribution in [0.25, 0.3) is 111 Å². The van der Waals surface area contributed by atoms with Crippen LogP contribution in [0.2, 0.25) is 0 Å². The Balaban J connectivity index is 1.13. The summed E-state index contributed by atoms with van der Waals surface area (Å²) in [6, 6.07) is 65.5. The van der Waals surface area contributed by atoms with Crippen molar-refractivity contribution in [3.05, 3.63) is 188 Å². The Morgan fingerprint density at radius 2 is 0.860 bits per heavy atom. The fourth-order valence-electron chi connectivity index (χ4n) is 8.59. The van der Waals surface area contributed by atoms with Crippen molar-refractivity contribution in [2.75, 3.05) is 0 Å². The second kappa shape index (κ2) is 12.3. The second-order valence-electron chi connectivity index (χ2n) is 14.4. The lowest BCUT2D eigenvalue weighted by Crippen LogP contribution is -2.00. The minimum absolute atomic E-state index is 0.619. The maximum Gasteiger partial charge on any atom is 0.164 e. The molecule has 0 bridgehead atoms. The van der Waals surface area contributed by atoms with Crippen LogP contribution in [0, 0.1) is 0 Å². The van der Waals surface area contributed by atoms with Gasteiger partial charge in [0.15, 0.2) is 17.5 Å². The summed E-state index contributed by atoms with van der Waals surface area (Å²) in [6.07, 6.45) is 0. The van der Waals surface area contributed by atoms with Crippen LogP contribution < -0.4 is 0 Å². The van der Waals surface area contributed by atoms with Gasteiger partial charge in [0, 0.05) is 55.0 Å². The second-order valence-corrected chi connectivity index (χ2v) is 14.4. The number of rotatable bonds is 5. The number of aromatic nitrogens is 5. The van der Waals surface area contributed by atoms with Gasteiger partial charge in [0.2, 0.25) is 0 Å². The third-order valence-corrected chi connectivity index (χ3v) is 11.2. The first-order valence-electron chi connectivity index (χ1n) is 19.1. The molecule has 4 aromatic heterocycles. The third-order valence-electron chi connectivity index (χ3n) is 11.2. The molecule has 0 saturated heterocycles. The smallest absolute Gasteiger partial charge is 0.164 e. The van der Waals surface area contributed by atoms with E-state index in [0.717, 1.165) is 66.6 Å². The van der Waals surface area contributed by atoms with Gasteiger partial charge in [-0.1, -0.05) is 115 Å². The van der Waals surface area contributed by atoms with Crippen molar-refractivity contribution in [2.24, 2.45) is 0 Å². The normalized spacial score (nSPS) is 11.9. The predicted octanol–water partition coefficient (Wildman–Crippen LogP) is 13.0. The van der Waals surface area contributed by atoms with E-state index in [1.54, 1.807) is 0 Å². The molecule has 0 aliphatic rings. The standard InChI is InChI=1S/C51H31N5O/c1-4-14-32(15-5-1)49-52-50(33-16-6-2-7-17-33)54-51(53-49)34-24-26-36(27-25-34)56-44-31-43-40(37-20-10-12-22-42(37)55(43)35-18-8-3-9-19-35)30-41(44)38-28-29-46-47(48(38)56)39-21-11-13-23-45(39)57-46/h1-31H. The lowest BCUT2D eigenvalue weighted by atomic mass is 10.1. The molecule has 0 spiro atoms. The van der Waals surface area contributed by atoms with Gasteiger partial charge < -0.3 is 13.6 Å². The predicted molar refractivity (Wildman–Crippen MR) is 232 cm³/mol. The molecule has 0 atom stereocenters. The Morgan fingerprint density at radius 3 is 1.54 bits per heavy atom. The van der Waals surface area contributed by atoms with E-state index in [0.29, 0.717) is 17.5 Å². The molecular weight excluding hydrogens is 699 g/mol. The van der Waals surface area contributed by atoms with Crippen LogP contribution in [-0.2, 0) is 0 Å². The highest BCUT2D eigenvalue weighted by atomic mass is 16.3. The summed E-state index contributed by atoms with van der Waals surface area (Å²) < 4.78 is 11.3. The monoisotopic (exact) mass is 729 g/mol. The van der Waals surface area contributed by atoms with Crippen LogP contribution in [0.5, 0.6) is 0 Å². The molecule has 0 unspecified atom stereocenters. The molecule has 0 amide bonds. The van der Waals surface area contributed by atoms with E-state index in [2.05, 4.69) is 124 Å². The van der Waals surface area contributed by atoms with E-state index in [9.17, 15) is 0 Å². The maximum atomic E-state index is 6.48. The quantitative estimate of drug-likeness (QED) is 0.177. The van der Waals surface area contributed by atoms with Crippen LogP contribution in [0.15, 0.2) is 192 Å². The lowest BCUT2D eigenvalue weighted by molar-refractivity contribution is 0.669. The number of fused-ring (bicyclic) bond motifs is 10. The van der Waals surface area contributed by atoms with Crippen LogP contribution in [0.1, 0.15) is 0 Å². The third kappa shape index (κ3) is 4.87. The summed E-state index contributed by atoms with van der Waals surface area (Å²) in [6.45, 7) is 0. The van der Waals surface area contributed by atoms with E-state index < -0.39 is 0 Å². The molecule has 0 N–H and O–H groups in total. The fourth-order valence-corrected chi connectivity index (χ4v) is 8.59. The van der Waals surface area contributed by atoms with Crippen molar-refractivity contribution in [2.45, 2.75) is 0 Å². The number of benzene rings is 8. The van der Waals surface area contributed by atoms with E-state index >= 15 is 0 Å². The lowest BCUT2D eigenvalue weighted by Gasteiger charge is -2.12. The van der Waals surface area contributed by atoms with Gasteiger partial charge in [-0.05, 0) is 72.8 Å². The zero-order valence-electron chi connectivity index (χ0n) is 30.5. The molecule has 0 saturated carbocycles. The number of hydrogen-bond donors (Lipinski definition) is 0. The molecule has 8 aromatic carbocycles. The molecule has 0 radical (unpaired) electrons. The van der Waals surface area contributed by atoms with E-state index in [-0.39, 0.29) is 0 Å². The van der Waals surface area contributed by atoms with Gasteiger partial charge in [-0.3, -0.25) is 0 Å². The van der Waals surface area contributed by atoms with Gasteiger partial charge in [0.05, 0.1) is 27.5 Å². The summed E-state index contributed by atoms with van der Waals surface area (Å²) in [5, 5.41) is 6.98. The molecule has 4 heterocycles. The van der Waals surface area contributed by atoms with Crippen molar-refractivity contribution in [3.8, 4) is 45.5 Å². The highest BCUT2D eigenvalue weighted by Gasteiger charge is 2.22. The molecule has 266 valence electrons. The largest absolute Gasteiger partial charge is 0.456 e. The Hall–Kier alpha value is -7.83. The first-order chi connectivity index (χ1) is 28.3. The number of nitrogens with zero attached hydrogens (tertiary/aromatic N) is 5. The molecule has 0 aliphatic heterocycles. The summed E-state index contributed by atoms with van der Waals surface area (Å²) >= 11 is 0. The number of furan rings is 1. The van der Waals surface area contributed by atoms with Crippen molar-refractivity contribution >= 4 is 65.6 Å². The molecule has 12 aromatic rings. The van der Waals surface area contributed by atoms with Crippen LogP contribution in [-0.4, -0.2) is 24.1 Å². The fraction of sp³-hybridized carbons (Fsp3) is 0. The zero-order valence-corrected chi connectivity index (χ0v) is 30.5. The van der Waals surface area contributed by atoms with E-state index in [1.165, 1.54) is 27.1 Å². The molecular formula is C51H31N5O. The number of hydrogen-bond acceptors (Lipinski definition) is 4. The maximum absolute atomic E-state index is 6.48. The summed E-state index contributed by atoms with van der Waals surface area (Å²) in [7, 11) is 0. The molecule has 6 heteroatoms. The van der Waals surface area contributed by atoms with Gasteiger partial charge in [-0.25, -0.2) is 15.0 Å². The first kappa shape index (κ1) is 31.5. The summed E-state index contributed by atoms with van der Waals surface area (Å²) in [5.41, 5.74) is 11.2. The molecule has 57 heavy (non-hydrogen) atoms. The van der Waals surface area contributed by atoms with Gasteiger partial charge >= 0.3 is 0 Å². The Morgan fingerprint density at radius 1 is 0.333 bits per heavy atom. The topological polar surface area (TPSA) is 61.7 Å². The zero-order chi connectivity index (χ0) is 37.5. The van der Waals surface area contributed by atoms with Gasteiger partial charge in [-0.15, -0.1) is 0 Å². The van der Waals surface area contributed by atoms with Crippen molar-refractivity contribution in [1.29, 1.82) is 0 Å². The molecule has 0 aliphatic carbocycles. The SMILES string of the molecule is c1ccc(-c2nc(-c3ccccc3)nc(-c3ccc(-n4c5cc6c(cc5c5ccc7oc8ccccc8c7c54)c4ccccc4n6-c4ccccc4)cc3)n2)cc1. The summed E-state index contributed by atoms with van der Waals surface area (Å²) in [4.78, 5) is 14.9. The molecule has 0 fully saturated rings. The highest BCUT2D eigenvalue weighted by Crippen LogP contribution is 2.44. The van der Waals surface area contributed by atoms with Crippen molar-refractivity contribution < 1.29 is 4.42 Å².